The number of benzene rings is 1. The minimum Gasteiger partial charge on any atom is -0.454 e. The molecular weight excluding hydrogens is 372 g/mol. The zero-order valence-corrected chi connectivity index (χ0v) is 15.1. The first kappa shape index (κ1) is 15.4. The van der Waals surface area contributed by atoms with Gasteiger partial charge in [-0.3, -0.25) is 4.79 Å². The molecule has 5 nitrogen and oxygen atoms in total. The van der Waals surface area contributed by atoms with Gasteiger partial charge in [-0.25, -0.2) is 4.98 Å². The van der Waals surface area contributed by atoms with E-state index in [0.29, 0.717) is 11.6 Å². The first-order chi connectivity index (χ1) is 11.5. The zero-order chi connectivity index (χ0) is 16.8. The van der Waals surface area contributed by atoms with E-state index in [-0.39, 0.29) is 18.6 Å². The Bertz CT molecular complexity index is 847. The first-order valence-corrected chi connectivity index (χ1v) is 8.71. The Balaban J connectivity index is 1.76. The number of rotatable bonds is 3. The van der Waals surface area contributed by atoms with Crippen molar-refractivity contribution in [2.75, 3.05) is 12.1 Å². The topological polar surface area (TPSA) is 60.5 Å². The van der Waals surface area contributed by atoms with Gasteiger partial charge >= 0.3 is 0 Å². The smallest absolute Gasteiger partial charge is 0.231 e. The van der Waals surface area contributed by atoms with Gasteiger partial charge in [0.25, 0.3) is 0 Å². The molecule has 2 heterocycles. The Hall–Kier alpha value is -2.08. The van der Waals surface area contributed by atoms with E-state index < -0.39 is 0 Å². The Labute approximate surface area is 148 Å². The minimum absolute atomic E-state index is 0.0592. The van der Waals surface area contributed by atoms with Crippen molar-refractivity contribution in [2.24, 2.45) is 5.92 Å². The predicted octanol–water partition coefficient (Wildman–Crippen LogP) is 4.21. The molecule has 0 unspecified atom stereocenters. The summed E-state index contributed by atoms with van der Waals surface area (Å²) < 4.78 is 11.7. The molecule has 0 radical (unpaired) electrons. The number of hydrogen-bond acceptors (Lipinski definition) is 4. The maximum absolute atomic E-state index is 12.1. The lowest BCUT2D eigenvalue weighted by Crippen LogP contribution is -2.16. The van der Waals surface area contributed by atoms with Crippen molar-refractivity contribution in [2.45, 2.75) is 26.7 Å². The summed E-state index contributed by atoms with van der Waals surface area (Å²) in [6.07, 6.45) is 1.94. The van der Waals surface area contributed by atoms with E-state index in [0.717, 1.165) is 45.4 Å². The largest absolute Gasteiger partial charge is 0.454 e. The number of amides is 1. The fourth-order valence-corrected chi connectivity index (χ4v) is 3.30. The van der Waals surface area contributed by atoms with Crippen molar-refractivity contribution in [3.05, 3.63) is 33.8 Å². The molecule has 4 rings (SSSR count). The molecule has 1 amide bonds. The minimum atomic E-state index is 0.0592. The molecule has 6 heteroatoms. The summed E-state index contributed by atoms with van der Waals surface area (Å²) >= 11 is 3.64. The number of carbonyl (C=O) groups excluding carboxylic acids is 1. The lowest BCUT2D eigenvalue weighted by Gasteiger charge is -2.15. The van der Waals surface area contributed by atoms with E-state index in [4.69, 9.17) is 14.5 Å². The molecule has 1 aliphatic heterocycles. The number of aromatic nitrogens is 1. The quantitative estimate of drug-likeness (QED) is 0.855. The summed E-state index contributed by atoms with van der Waals surface area (Å²) in [4.78, 5) is 16.8. The lowest BCUT2D eigenvalue weighted by molar-refractivity contribution is -0.117. The van der Waals surface area contributed by atoms with Gasteiger partial charge in [-0.15, -0.1) is 0 Å². The maximum atomic E-state index is 12.1. The van der Waals surface area contributed by atoms with Crippen LogP contribution in [0.2, 0.25) is 0 Å². The number of hydrogen-bond donors (Lipinski definition) is 1. The second kappa shape index (κ2) is 5.77. The average Bonchev–Trinajstić information content (AvgIpc) is 3.33. The molecule has 0 atom stereocenters. The lowest BCUT2D eigenvalue weighted by atomic mass is 10.1. The number of carbonyl (C=O) groups is 1. The van der Waals surface area contributed by atoms with Crippen molar-refractivity contribution >= 4 is 27.7 Å². The standard InChI is InChI=1S/C18H17BrN2O3/c1-9-10(2)17(21-18(22)11-3-4-11)20-16(15(9)19)12-5-6-13-14(7-12)24-8-23-13/h5-7,11H,3-4,8H2,1-2H3,(H,20,21,22). The Morgan fingerprint density at radius 2 is 1.96 bits per heavy atom. The summed E-state index contributed by atoms with van der Waals surface area (Å²) in [6.45, 7) is 4.23. The number of pyridine rings is 1. The van der Waals surface area contributed by atoms with E-state index in [2.05, 4.69) is 21.2 Å². The molecule has 1 aromatic heterocycles. The normalized spacial score (nSPS) is 15.5. The number of ether oxygens (including phenoxy) is 2. The van der Waals surface area contributed by atoms with Crippen LogP contribution in [0, 0.1) is 19.8 Å². The van der Waals surface area contributed by atoms with Gasteiger partial charge in [-0.2, -0.15) is 0 Å². The third-order valence-electron chi connectivity index (χ3n) is 4.51. The van der Waals surface area contributed by atoms with Crippen LogP contribution in [0.25, 0.3) is 11.3 Å². The zero-order valence-electron chi connectivity index (χ0n) is 13.5. The number of nitrogens with zero attached hydrogens (tertiary/aromatic N) is 1. The highest BCUT2D eigenvalue weighted by atomic mass is 79.9. The molecule has 1 N–H and O–H groups in total. The number of anilines is 1. The van der Waals surface area contributed by atoms with E-state index in [1.165, 1.54) is 0 Å². The van der Waals surface area contributed by atoms with Gasteiger partial charge in [-0.1, -0.05) is 0 Å². The van der Waals surface area contributed by atoms with Crippen LogP contribution in [0.1, 0.15) is 24.0 Å². The van der Waals surface area contributed by atoms with Gasteiger partial charge < -0.3 is 14.8 Å². The third-order valence-corrected chi connectivity index (χ3v) is 5.48. The number of halogens is 1. The van der Waals surface area contributed by atoms with Crippen LogP contribution in [-0.2, 0) is 4.79 Å². The van der Waals surface area contributed by atoms with Crippen LogP contribution in [0.15, 0.2) is 22.7 Å². The Morgan fingerprint density at radius 3 is 2.71 bits per heavy atom. The van der Waals surface area contributed by atoms with Crippen LogP contribution in [0.4, 0.5) is 5.82 Å². The Kier molecular flexibility index (Phi) is 3.72. The first-order valence-electron chi connectivity index (χ1n) is 7.92. The Morgan fingerprint density at radius 1 is 1.21 bits per heavy atom. The molecule has 1 aromatic carbocycles. The molecule has 1 aliphatic carbocycles. The molecule has 2 aromatic rings. The van der Waals surface area contributed by atoms with Crippen LogP contribution in [-0.4, -0.2) is 17.7 Å². The van der Waals surface area contributed by atoms with Gasteiger partial charge in [0.1, 0.15) is 5.82 Å². The second-order valence-corrected chi connectivity index (χ2v) is 7.00. The highest BCUT2D eigenvalue weighted by molar-refractivity contribution is 9.10. The van der Waals surface area contributed by atoms with Gasteiger partial charge in [0.2, 0.25) is 12.7 Å². The fourth-order valence-electron chi connectivity index (χ4n) is 2.69. The molecule has 1 fully saturated rings. The van der Waals surface area contributed by atoms with Gasteiger partial charge in [-0.05, 0) is 71.9 Å². The van der Waals surface area contributed by atoms with E-state index in [1.807, 2.05) is 32.0 Å². The molecule has 1 saturated carbocycles. The summed E-state index contributed by atoms with van der Waals surface area (Å²) in [6, 6.07) is 5.74. The van der Waals surface area contributed by atoms with Crippen molar-refractivity contribution in [1.29, 1.82) is 0 Å². The summed E-state index contributed by atoms with van der Waals surface area (Å²) in [7, 11) is 0. The molecule has 0 spiro atoms. The average molecular weight is 389 g/mol. The van der Waals surface area contributed by atoms with E-state index in [1.54, 1.807) is 0 Å². The number of fused-ring (bicyclic) bond motifs is 1. The van der Waals surface area contributed by atoms with Crippen LogP contribution < -0.4 is 14.8 Å². The van der Waals surface area contributed by atoms with Crippen molar-refractivity contribution in [3.63, 3.8) is 0 Å². The van der Waals surface area contributed by atoms with Gasteiger partial charge in [0.15, 0.2) is 11.5 Å². The SMILES string of the molecule is Cc1c(NC(=O)C2CC2)nc(-c2ccc3c(c2)OCO3)c(Br)c1C. The second-order valence-electron chi connectivity index (χ2n) is 6.20. The van der Waals surface area contributed by atoms with Crippen LogP contribution in [0.3, 0.4) is 0 Å². The summed E-state index contributed by atoms with van der Waals surface area (Å²) in [5, 5.41) is 2.98. The molecule has 0 saturated heterocycles. The third kappa shape index (κ3) is 2.65. The fraction of sp³-hybridized carbons (Fsp3) is 0.333. The van der Waals surface area contributed by atoms with Gasteiger partial charge in [0, 0.05) is 16.0 Å². The van der Waals surface area contributed by atoms with E-state index in [9.17, 15) is 4.79 Å². The molecular formula is C18H17BrN2O3. The highest BCUT2D eigenvalue weighted by Crippen LogP contribution is 2.40. The molecule has 0 bridgehead atoms. The molecule has 2 aliphatic rings. The molecule has 124 valence electrons. The number of nitrogens with one attached hydrogen (secondary N) is 1. The summed E-state index contributed by atoms with van der Waals surface area (Å²) in [5.74, 6) is 2.28. The van der Waals surface area contributed by atoms with Crippen LogP contribution in [0.5, 0.6) is 11.5 Å². The predicted molar refractivity (Wildman–Crippen MR) is 94.3 cm³/mol. The highest BCUT2D eigenvalue weighted by Gasteiger charge is 2.30. The van der Waals surface area contributed by atoms with E-state index >= 15 is 0 Å². The van der Waals surface area contributed by atoms with Gasteiger partial charge in [0.05, 0.1) is 5.69 Å². The molecule has 24 heavy (non-hydrogen) atoms. The van der Waals surface area contributed by atoms with Crippen molar-refractivity contribution < 1.29 is 14.3 Å². The monoisotopic (exact) mass is 388 g/mol. The van der Waals surface area contributed by atoms with Crippen molar-refractivity contribution in [3.8, 4) is 22.8 Å². The summed E-state index contributed by atoms with van der Waals surface area (Å²) in [5.41, 5.74) is 3.72. The van der Waals surface area contributed by atoms with Crippen molar-refractivity contribution in [1.82, 2.24) is 4.98 Å². The van der Waals surface area contributed by atoms with Crippen LogP contribution >= 0.6 is 15.9 Å². The maximum Gasteiger partial charge on any atom is 0.231 e.